The predicted molar refractivity (Wildman–Crippen MR) is 95.7 cm³/mol. The first kappa shape index (κ1) is 27.6. The largest absolute Gasteiger partial charge is 0.459 e. The highest BCUT2D eigenvalue weighted by molar-refractivity contribution is 5.13. The third kappa shape index (κ3) is 15.1. The monoisotopic (exact) mass is 434 g/mol. The molecule has 1 aromatic carbocycles. The Morgan fingerprint density at radius 2 is 1.34 bits per heavy atom. The zero-order valence-corrected chi connectivity index (χ0v) is 16.5. The Hall–Kier alpha value is -1.40. The highest BCUT2D eigenvalue weighted by Crippen LogP contribution is 2.19. The maximum atomic E-state index is 12.1. The summed E-state index contributed by atoms with van der Waals surface area (Å²) in [5.74, 6) is 0. The molecule has 0 spiro atoms. The molecule has 0 bridgehead atoms. The van der Waals surface area contributed by atoms with Gasteiger partial charge in [0.25, 0.3) is 0 Å². The van der Waals surface area contributed by atoms with Gasteiger partial charge in [0.15, 0.2) is 0 Å². The van der Waals surface area contributed by atoms with Crippen molar-refractivity contribution >= 4 is 0 Å². The second-order valence-corrected chi connectivity index (χ2v) is 6.07. The molecule has 0 atom stereocenters. The molecule has 0 fully saturated rings. The van der Waals surface area contributed by atoms with Crippen molar-refractivity contribution in [2.24, 2.45) is 0 Å². The van der Waals surface area contributed by atoms with E-state index >= 15 is 0 Å². The van der Waals surface area contributed by atoms with Gasteiger partial charge >= 0.3 is 12.6 Å². The highest BCUT2D eigenvalue weighted by Gasteiger charge is 2.33. The lowest BCUT2D eigenvalue weighted by Gasteiger charge is -2.19. The number of aliphatic hydroxyl groups is 1. The standard InChI is InChI=1S/C13H18F3NO2.C5H10F3NO/c1-17(13(14,15)16)8-5-9-18-11-19-10-12-6-3-2-4-7-12;1-9(3-2-4-10)5(6,7)8/h2-4,6-7H,5,8-11H2,1H3;10H,2-4H2,1H3. The smallest absolute Gasteiger partial charge is 0.396 e. The summed E-state index contributed by atoms with van der Waals surface area (Å²) in [5, 5.41) is 8.19. The van der Waals surface area contributed by atoms with E-state index in [-0.39, 0.29) is 44.4 Å². The summed E-state index contributed by atoms with van der Waals surface area (Å²) in [7, 11) is 1.97. The maximum Gasteiger partial charge on any atom is 0.459 e. The van der Waals surface area contributed by atoms with Gasteiger partial charge in [-0.05, 0) is 32.5 Å². The van der Waals surface area contributed by atoms with Crippen molar-refractivity contribution in [2.75, 3.05) is 47.2 Å². The van der Waals surface area contributed by atoms with Crippen molar-refractivity contribution in [3.8, 4) is 0 Å². The number of rotatable bonds is 11. The normalized spacial score (nSPS) is 12.2. The number of nitrogens with zero attached hydrogens (tertiary/aromatic N) is 2. The maximum absolute atomic E-state index is 12.1. The molecule has 0 saturated heterocycles. The number of hydrogen-bond acceptors (Lipinski definition) is 5. The Morgan fingerprint density at radius 3 is 1.83 bits per heavy atom. The fraction of sp³-hybridized carbons (Fsp3) is 0.667. The van der Waals surface area contributed by atoms with Crippen LogP contribution in [0.4, 0.5) is 26.3 Å². The van der Waals surface area contributed by atoms with E-state index in [0.29, 0.717) is 17.9 Å². The number of aliphatic hydroxyl groups excluding tert-OH is 1. The van der Waals surface area contributed by atoms with Crippen LogP contribution in [-0.2, 0) is 16.1 Å². The van der Waals surface area contributed by atoms with Crippen LogP contribution in [0.5, 0.6) is 0 Å². The molecular weight excluding hydrogens is 406 g/mol. The van der Waals surface area contributed by atoms with E-state index in [2.05, 4.69) is 0 Å². The highest BCUT2D eigenvalue weighted by atomic mass is 19.4. The SMILES string of the molecule is CN(CCCO)C(F)(F)F.CN(CCCOCOCc1ccccc1)C(F)(F)F. The molecule has 11 heteroatoms. The molecule has 0 unspecified atom stereocenters. The van der Waals surface area contributed by atoms with Crippen molar-refractivity contribution in [2.45, 2.75) is 32.0 Å². The third-order valence-electron chi connectivity index (χ3n) is 3.58. The molecular formula is C18H28F6N2O3. The second kappa shape index (κ2) is 14.6. The van der Waals surface area contributed by atoms with E-state index < -0.39 is 12.6 Å². The van der Waals surface area contributed by atoms with Crippen LogP contribution in [0.25, 0.3) is 0 Å². The molecule has 0 radical (unpaired) electrons. The lowest BCUT2D eigenvalue weighted by Crippen LogP contribution is -2.35. The number of ether oxygens (including phenoxy) is 2. The molecule has 1 aromatic rings. The van der Waals surface area contributed by atoms with E-state index in [9.17, 15) is 26.3 Å². The van der Waals surface area contributed by atoms with Gasteiger partial charge in [0.2, 0.25) is 0 Å². The minimum Gasteiger partial charge on any atom is -0.396 e. The summed E-state index contributed by atoms with van der Waals surface area (Å²) < 4.78 is 81.6. The summed E-state index contributed by atoms with van der Waals surface area (Å²) >= 11 is 0. The average Bonchev–Trinajstić information content (AvgIpc) is 2.65. The first-order chi connectivity index (χ1) is 13.5. The first-order valence-electron chi connectivity index (χ1n) is 8.84. The van der Waals surface area contributed by atoms with Crippen molar-refractivity contribution < 1.29 is 40.9 Å². The number of halogens is 6. The molecule has 0 aliphatic carbocycles. The minimum atomic E-state index is -4.27. The molecule has 0 aliphatic rings. The number of benzene rings is 1. The Morgan fingerprint density at radius 1 is 0.828 bits per heavy atom. The van der Waals surface area contributed by atoms with Gasteiger partial charge in [-0.25, -0.2) is 9.80 Å². The molecule has 0 aromatic heterocycles. The molecule has 1 N–H and O–H groups in total. The summed E-state index contributed by atoms with van der Waals surface area (Å²) in [6, 6.07) is 9.59. The van der Waals surface area contributed by atoms with Gasteiger partial charge in [-0.15, -0.1) is 0 Å². The van der Waals surface area contributed by atoms with Gasteiger partial charge in [0.1, 0.15) is 6.79 Å². The van der Waals surface area contributed by atoms with Crippen LogP contribution in [0.2, 0.25) is 0 Å². The van der Waals surface area contributed by atoms with Gasteiger partial charge in [-0.1, -0.05) is 30.3 Å². The Balaban J connectivity index is 0.000000665. The molecule has 0 heterocycles. The summed E-state index contributed by atoms with van der Waals surface area (Å²) in [6.07, 6.45) is -8.08. The summed E-state index contributed by atoms with van der Waals surface area (Å²) in [6.45, 7) is 0.325. The van der Waals surface area contributed by atoms with Crippen LogP contribution < -0.4 is 0 Å². The fourth-order valence-corrected chi connectivity index (χ4v) is 1.82. The van der Waals surface area contributed by atoms with Crippen LogP contribution in [0.3, 0.4) is 0 Å². The lowest BCUT2D eigenvalue weighted by molar-refractivity contribution is -0.237. The zero-order valence-electron chi connectivity index (χ0n) is 16.5. The third-order valence-corrected chi connectivity index (χ3v) is 3.58. The summed E-state index contributed by atoms with van der Waals surface area (Å²) in [4.78, 5) is 0.574. The van der Waals surface area contributed by atoms with Crippen molar-refractivity contribution in [1.82, 2.24) is 9.80 Å². The van der Waals surface area contributed by atoms with Crippen molar-refractivity contribution in [1.29, 1.82) is 0 Å². The topological polar surface area (TPSA) is 45.2 Å². The van der Waals surface area contributed by atoms with Crippen LogP contribution >= 0.6 is 0 Å². The second-order valence-electron chi connectivity index (χ2n) is 6.07. The molecule has 0 amide bonds. The quantitative estimate of drug-likeness (QED) is 0.248. The van der Waals surface area contributed by atoms with E-state index in [1.165, 1.54) is 0 Å². The average molecular weight is 434 g/mol. The van der Waals surface area contributed by atoms with E-state index in [1.807, 2.05) is 30.3 Å². The number of alkyl halides is 6. The summed E-state index contributed by atoms with van der Waals surface area (Å²) in [5.41, 5.74) is 1.03. The van der Waals surface area contributed by atoms with Crippen LogP contribution in [0.1, 0.15) is 18.4 Å². The van der Waals surface area contributed by atoms with E-state index in [0.717, 1.165) is 19.7 Å². The Kier molecular flexibility index (Phi) is 13.9. The molecule has 0 aliphatic heterocycles. The van der Waals surface area contributed by atoms with Gasteiger partial charge in [-0.3, -0.25) is 0 Å². The van der Waals surface area contributed by atoms with E-state index in [1.54, 1.807) is 0 Å². The van der Waals surface area contributed by atoms with Gasteiger partial charge < -0.3 is 14.6 Å². The fourth-order valence-electron chi connectivity index (χ4n) is 1.82. The van der Waals surface area contributed by atoms with Crippen molar-refractivity contribution in [3.05, 3.63) is 35.9 Å². The van der Waals surface area contributed by atoms with Gasteiger partial charge in [0, 0.05) is 19.7 Å². The zero-order chi connectivity index (χ0) is 22.3. The Bertz CT molecular complexity index is 515. The van der Waals surface area contributed by atoms with Gasteiger partial charge in [-0.2, -0.15) is 26.3 Å². The predicted octanol–water partition coefficient (Wildman–Crippen LogP) is 3.84. The molecule has 1 rings (SSSR count). The van der Waals surface area contributed by atoms with Crippen LogP contribution in [-0.4, -0.2) is 74.7 Å². The Labute approximate surface area is 166 Å². The van der Waals surface area contributed by atoms with Crippen LogP contribution in [0, 0.1) is 0 Å². The minimum absolute atomic E-state index is 0.0812. The van der Waals surface area contributed by atoms with E-state index in [4.69, 9.17) is 14.6 Å². The lowest BCUT2D eigenvalue weighted by atomic mass is 10.2. The van der Waals surface area contributed by atoms with Crippen LogP contribution in [0.15, 0.2) is 30.3 Å². The molecule has 170 valence electrons. The number of hydrogen-bond donors (Lipinski definition) is 1. The molecule has 0 saturated carbocycles. The molecule has 29 heavy (non-hydrogen) atoms. The molecule has 5 nitrogen and oxygen atoms in total. The van der Waals surface area contributed by atoms with Crippen molar-refractivity contribution in [3.63, 3.8) is 0 Å². The first-order valence-corrected chi connectivity index (χ1v) is 8.84. The van der Waals surface area contributed by atoms with Gasteiger partial charge in [0.05, 0.1) is 13.2 Å².